The molecule has 1 aromatic carbocycles. The molecule has 0 spiro atoms. The maximum absolute atomic E-state index is 12.6. The standard InChI is InChI=1S/C16H19ClN4O/c1-3-12-8-19-15(20-12)14-7-10-6-11(17)4-5-13(10)21(14)16(22)9(2)18/h4-6,8-9,14H,3,7,18H2,1-2H3,(H,19,20). The molecule has 2 unspecified atom stereocenters. The van der Waals surface area contributed by atoms with Crippen LogP contribution in [-0.4, -0.2) is 21.9 Å². The fraction of sp³-hybridized carbons (Fsp3) is 0.375. The van der Waals surface area contributed by atoms with Crippen molar-refractivity contribution < 1.29 is 4.79 Å². The number of nitrogens with zero attached hydrogens (tertiary/aromatic N) is 2. The number of carbonyl (C=O) groups is 1. The van der Waals surface area contributed by atoms with E-state index < -0.39 is 6.04 Å². The van der Waals surface area contributed by atoms with E-state index in [0.717, 1.165) is 29.2 Å². The number of H-pyrrole nitrogens is 1. The first-order valence-corrected chi connectivity index (χ1v) is 7.80. The van der Waals surface area contributed by atoms with Crippen molar-refractivity contribution >= 4 is 23.2 Å². The highest BCUT2D eigenvalue weighted by molar-refractivity contribution is 6.30. The molecule has 0 aliphatic carbocycles. The van der Waals surface area contributed by atoms with Crippen molar-refractivity contribution in [2.45, 2.75) is 38.8 Å². The van der Waals surface area contributed by atoms with E-state index in [9.17, 15) is 4.79 Å². The van der Waals surface area contributed by atoms with Gasteiger partial charge in [-0.1, -0.05) is 18.5 Å². The number of anilines is 1. The molecule has 116 valence electrons. The van der Waals surface area contributed by atoms with Gasteiger partial charge < -0.3 is 10.7 Å². The molecule has 2 heterocycles. The van der Waals surface area contributed by atoms with Crippen LogP contribution in [0.3, 0.4) is 0 Å². The van der Waals surface area contributed by atoms with Gasteiger partial charge in [-0.05, 0) is 37.1 Å². The number of aromatic amines is 1. The lowest BCUT2D eigenvalue weighted by Crippen LogP contribution is -2.43. The van der Waals surface area contributed by atoms with Gasteiger partial charge in [-0.3, -0.25) is 9.69 Å². The lowest BCUT2D eigenvalue weighted by atomic mass is 10.1. The van der Waals surface area contributed by atoms with E-state index in [2.05, 4.69) is 16.9 Å². The number of halogens is 1. The lowest BCUT2D eigenvalue weighted by Gasteiger charge is -2.26. The van der Waals surface area contributed by atoms with Crippen LogP contribution >= 0.6 is 11.6 Å². The fourth-order valence-corrected chi connectivity index (χ4v) is 3.05. The van der Waals surface area contributed by atoms with E-state index in [1.165, 1.54) is 0 Å². The Morgan fingerprint density at radius 3 is 3.00 bits per heavy atom. The lowest BCUT2D eigenvalue weighted by molar-refractivity contribution is -0.119. The van der Waals surface area contributed by atoms with E-state index in [1.54, 1.807) is 17.9 Å². The highest BCUT2D eigenvalue weighted by Crippen LogP contribution is 2.40. The van der Waals surface area contributed by atoms with Crippen molar-refractivity contribution in [3.63, 3.8) is 0 Å². The van der Waals surface area contributed by atoms with Crippen molar-refractivity contribution in [1.82, 2.24) is 9.97 Å². The molecule has 2 aromatic rings. The fourth-order valence-electron chi connectivity index (χ4n) is 2.86. The van der Waals surface area contributed by atoms with Crippen molar-refractivity contribution in [1.29, 1.82) is 0 Å². The third-order valence-electron chi connectivity index (χ3n) is 4.00. The monoisotopic (exact) mass is 318 g/mol. The van der Waals surface area contributed by atoms with E-state index >= 15 is 0 Å². The average molecular weight is 319 g/mol. The molecular formula is C16H19ClN4O. The third kappa shape index (κ3) is 2.51. The van der Waals surface area contributed by atoms with Gasteiger partial charge in [0.1, 0.15) is 5.82 Å². The number of nitrogens with two attached hydrogens (primary N) is 1. The molecule has 22 heavy (non-hydrogen) atoms. The van der Waals surface area contributed by atoms with Gasteiger partial charge in [0.15, 0.2) is 0 Å². The smallest absolute Gasteiger partial charge is 0.244 e. The number of nitrogens with one attached hydrogen (secondary N) is 1. The van der Waals surface area contributed by atoms with Gasteiger partial charge in [-0.25, -0.2) is 4.98 Å². The van der Waals surface area contributed by atoms with Crippen LogP contribution in [0, 0.1) is 0 Å². The normalized spacial score (nSPS) is 18.4. The molecule has 1 aromatic heterocycles. The highest BCUT2D eigenvalue weighted by atomic mass is 35.5. The van der Waals surface area contributed by atoms with Crippen LogP contribution in [0.15, 0.2) is 24.4 Å². The number of aryl methyl sites for hydroxylation is 1. The van der Waals surface area contributed by atoms with E-state index in [-0.39, 0.29) is 11.9 Å². The Kier molecular flexibility index (Phi) is 3.93. The molecule has 3 rings (SSSR count). The Morgan fingerprint density at radius 1 is 1.59 bits per heavy atom. The molecule has 0 bridgehead atoms. The minimum atomic E-state index is -0.565. The molecule has 0 fully saturated rings. The molecule has 0 saturated carbocycles. The first kappa shape index (κ1) is 15.1. The second kappa shape index (κ2) is 5.74. The molecule has 5 nitrogen and oxygen atoms in total. The Labute approximate surface area is 134 Å². The number of aromatic nitrogens is 2. The molecule has 2 atom stereocenters. The van der Waals surface area contributed by atoms with Crippen LogP contribution < -0.4 is 10.6 Å². The number of carbonyl (C=O) groups excluding carboxylic acids is 1. The summed E-state index contributed by atoms with van der Waals surface area (Å²) in [5, 5.41) is 0.668. The maximum atomic E-state index is 12.6. The second-order valence-corrected chi connectivity index (χ2v) is 6.07. The molecule has 1 amide bonds. The van der Waals surface area contributed by atoms with Gasteiger partial charge in [0.05, 0.1) is 12.1 Å². The zero-order valence-electron chi connectivity index (χ0n) is 12.6. The molecule has 1 aliphatic heterocycles. The predicted octanol–water partition coefficient (Wildman–Crippen LogP) is 2.60. The Hall–Kier alpha value is -1.85. The summed E-state index contributed by atoms with van der Waals surface area (Å²) >= 11 is 6.08. The largest absolute Gasteiger partial charge is 0.344 e. The van der Waals surface area contributed by atoms with E-state index in [1.807, 2.05) is 18.3 Å². The number of amides is 1. The number of hydrogen-bond acceptors (Lipinski definition) is 3. The van der Waals surface area contributed by atoms with Gasteiger partial charge in [0.25, 0.3) is 0 Å². The summed E-state index contributed by atoms with van der Waals surface area (Å²) in [5.41, 5.74) is 8.79. The molecule has 0 saturated heterocycles. The topological polar surface area (TPSA) is 75.0 Å². The maximum Gasteiger partial charge on any atom is 0.244 e. The number of benzene rings is 1. The van der Waals surface area contributed by atoms with Gasteiger partial charge in [-0.15, -0.1) is 0 Å². The second-order valence-electron chi connectivity index (χ2n) is 5.64. The quantitative estimate of drug-likeness (QED) is 0.913. The van der Waals surface area contributed by atoms with Crippen molar-refractivity contribution in [2.75, 3.05) is 4.90 Å². The number of rotatable bonds is 3. The number of fused-ring (bicyclic) bond motifs is 1. The summed E-state index contributed by atoms with van der Waals surface area (Å²) < 4.78 is 0. The molecule has 3 N–H and O–H groups in total. The Morgan fingerprint density at radius 2 is 2.36 bits per heavy atom. The molecule has 1 aliphatic rings. The third-order valence-corrected chi connectivity index (χ3v) is 4.23. The number of imidazole rings is 1. The van der Waals surface area contributed by atoms with E-state index in [0.29, 0.717) is 11.4 Å². The summed E-state index contributed by atoms with van der Waals surface area (Å²) in [6.45, 7) is 3.76. The molecule has 6 heteroatoms. The minimum absolute atomic E-state index is 0.111. The highest BCUT2D eigenvalue weighted by Gasteiger charge is 2.37. The van der Waals surface area contributed by atoms with Crippen LogP contribution in [0.4, 0.5) is 5.69 Å². The summed E-state index contributed by atoms with van der Waals surface area (Å²) in [4.78, 5) is 22.1. The average Bonchev–Trinajstić information content (AvgIpc) is 3.09. The molecule has 0 radical (unpaired) electrons. The first-order chi connectivity index (χ1) is 10.5. The number of hydrogen-bond donors (Lipinski definition) is 2. The molecular weight excluding hydrogens is 300 g/mol. The van der Waals surface area contributed by atoms with Crippen molar-refractivity contribution in [2.24, 2.45) is 5.73 Å². The van der Waals surface area contributed by atoms with E-state index in [4.69, 9.17) is 17.3 Å². The van der Waals surface area contributed by atoms with Crippen molar-refractivity contribution in [3.8, 4) is 0 Å². The van der Waals surface area contributed by atoms with Crippen LogP contribution in [-0.2, 0) is 17.6 Å². The van der Waals surface area contributed by atoms with Gasteiger partial charge in [0, 0.05) is 29.0 Å². The summed E-state index contributed by atoms with van der Waals surface area (Å²) in [6, 6.07) is 4.85. The van der Waals surface area contributed by atoms with Crippen LogP contribution in [0.25, 0.3) is 0 Å². The summed E-state index contributed by atoms with van der Waals surface area (Å²) in [5.74, 6) is 0.679. The minimum Gasteiger partial charge on any atom is -0.344 e. The predicted molar refractivity (Wildman–Crippen MR) is 87.0 cm³/mol. The van der Waals surface area contributed by atoms with Gasteiger partial charge in [-0.2, -0.15) is 0 Å². The SMILES string of the molecule is CCc1cnc(C2Cc3cc(Cl)ccc3N2C(=O)C(C)N)[nH]1. The Bertz CT molecular complexity index is 710. The zero-order valence-corrected chi connectivity index (χ0v) is 13.4. The first-order valence-electron chi connectivity index (χ1n) is 7.42. The zero-order chi connectivity index (χ0) is 15.9. The Balaban J connectivity index is 2.04. The summed E-state index contributed by atoms with van der Waals surface area (Å²) in [6.07, 6.45) is 3.38. The summed E-state index contributed by atoms with van der Waals surface area (Å²) in [7, 11) is 0. The van der Waals surface area contributed by atoms with Crippen LogP contribution in [0.2, 0.25) is 5.02 Å². The van der Waals surface area contributed by atoms with Crippen LogP contribution in [0.5, 0.6) is 0 Å². The van der Waals surface area contributed by atoms with Crippen molar-refractivity contribution in [3.05, 3.63) is 46.5 Å². The van der Waals surface area contributed by atoms with Crippen LogP contribution in [0.1, 0.15) is 37.0 Å². The van der Waals surface area contributed by atoms with Gasteiger partial charge in [0.2, 0.25) is 5.91 Å². The van der Waals surface area contributed by atoms with Gasteiger partial charge >= 0.3 is 0 Å².